The van der Waals surface area contributed by atoms with E-state index >= 15 is 0 Å². The van der Waals surface area contributed by atoms with E-state index in [-0.39, 0.29) is 29.8 Å². The van der Waals surface area contributed by atoms with E-state index in [1.54, 1.807) is 38.3 Å². The third-order valence-corrected chi connectivity index (χ3v) is 7.96. The molecule has 0 saturated carbocycles. The fourth-order valence-electron chi connectivity index (χ4n) is 5.54. The first kappa shape index (κ1) is 27.7. The van der Waals surface area contributed by atoms with E-state index in [0.29, 0.717) is 41.7 Å². The summed E-state index contributed by atoms with van der Waals surface area (Å²) < 4.78 is 59.8. The summed E-state index contributed by atoms with van der Waals surface area (Å²) in [4.78, 5) is 13.9. The van der Waals surface area contributed by atoms with Gasteiger partial charge in [-0.25, -0.2) is 0 Å². The number of benzene rings is 3. The Morgan fingerprint density at radius 1 is 0.977 bits per heavy atom. The zero-order valence-electron chi connectivity index (χ0n) is 23.7. The molecule has 12 heteroatoms. The number of halogens is 2. The highest BCUT2D eigenvalue weighted by molar-refractivity contribution is 5.90. The molecule has 0 saturated heterocycles. The van der Waals surface area contributed by atoms with Gasteiger partial charge >= 0.3 is 6.29 Å². The minimum atomic E-state index is -3.78. The predicted octanol–water partition coefficient (Wildman–Crippen LogP) is 5.42. The van der Waals surface area contributed by atoms with Crippen LogP contribution in [0.25, 0.3) is 0 Å². The second-order valence-electron chi connectivity index (χ2n) is 10.9. The van der Waals surface area contributed by atoms with E-state index in [0.717, 1.165) is 11.1 Å². The molecule has 0 spiro atoms. The summed E-state index contributed by atoms with van der Waals surface area (Å²) in [6, 6.07) is 20.8. The summed E-state index contributed by atoms with van der Waals surface area (Å²) in [5, 5.41) is 11.7. The van der Waals surface area contributed by atoms with Gasteiger partial charge in [0.15, 0.2) is 11.5 Å². The smallest absolute Gasteiger partial charge is 0.497 e. The summed E-state index contributed by atoms with van der Waals surface area (Å²) in [5.74, 6) is 1.10. The van der Waals surface area contributed by atoms with Crippen LogP contribution < -0.4 is 33.7 Å². The van der Waals surface area contributed by atoms with E-state index in [2.05, 4.69) is 25.0 Å². The Bertz CT molecular complexity index is 1720. The lowest BCUT2D eigenvalue weighted by Gasteiger charge is -2.34. The van der Waals surface area contributed by atoms with Crippen LogP contribution in [0.3, 0.4) is 0 Å². The van der Waals surface area contributed by atoms with Crippen molar-refractivity contribution in [2.24, 2.45) is 0 Å². The van der Waals surface area contributed by atoms with Crippen molar-refractivity contribution in [3.63, 3.8) is 0 Å². The molecule has 10 nitrogen and oxygen atoms in total. The summed E-state index contributed by atoms with van der Waals surface area (Å²) in [5.41, 5.74) is 1.54. The van der Waals surface area contributed by atoms with E-state index in [1.807, 2.05) is 36.4 Å². The van der Waals surface area contributed by atoms with E-state index in [9.17, 15) is 13.6 Å². The molecule has 3 aliphatic heterocycles. The Balaban J connectivity index is 1.12. The molecule has 1 aromatic heterocycles. The number of hydrogen-bond donors (Lipinski definition) is 1. The van der Waals surface area contributed by atoms with Gasteiger partial charge in [0.05, 0.1) is 13.2 Å². The molecule has 3 aromatic carbocycles. The van der Waals surface area contributed by atoms with Crippen LogP contribution in [0.2, 0.25) is 0 Å². The van der Waals surface area contributed by atoms with E-state index in [4.69, 9.17) is 18.9 Å². The van der Waals surface area contributed by atoms with Crippen LogP contribution >= 0.6 is 0 Å². The highest BCUT2D eigenvalue weighted by atomic mass is 19.3. The molecule has 3 atom stereocenters. The quantitative estimate of drug-likeness (QED) is 0.296. The number of methoxy groups -OCH3 is 1. The number of ether oxygens (including phenoxy) is 6. The van der Waals surface area contributed by atoms with Crippen molar-refractivity contribution < 1.29 is 42.0 Å². The van der Waals surface area contributed by atoms with Crippen LogP contribution in [0.5, 0.6) is 34.6 Å². The maximum Gasteiger partial charge on any atom is 0.586 e. The highest BCUT2D eigenvalue weighted by Crippen LogP contribution is 2.50. The summed E-state index contributed by atoms with van der Waals surface area (Å²) in [7, 11) is 1.56. The van der Waals surface area contributed by atoms with Gasteiger partial charge in [0.25, 0.3) is 0 Å². The highest BCUT2D eigenvalue weighted by Gasteiger charge is 2.49. The van der Waals surface area contributed by atoms with Crippen molar-refractivity contribution in [3.05, 3.63) is 95.2 Å². The Labute approximate surface area is 250 Å². The van der Waals surface area contributed by atoms with Crippen LogP contribution in [0.15, 0.2) is 72.8 Å². The zero-order chi connectivity index (χ0) is 30.5. The topological polar surface area (TPSA) is 110 Å². The van der Waals surface area contributed by atoms with Crippen LogP contribution in [-0.4, -0.2) is 36.1 Å². The summed E-state index contributed by atoms with van der Waals surface area (Å²) in [6.45, 7) is 2.05. The Morgan fingerprint density at radius 2 is 1.77 bits per heavy atom. The lowest BCUT2D eigenvalue weighted by atomic mass is 9.82. The molecule has 1 amide bonds. The van der Waals surface area contributed by atoms with Crippen LogP contribution in [0, 0.1) is 0 Å². The van der Waals surface area contributed by atoms with Gasteiger partial charge in [-0.1, -0.05) is 30.3 Å². The Kier molecular flexibility index (Phi) is 6.64. The van der Waals surface area contributed by atoms with Crippen molar-refractivity contribution in [1.29, 1.82) is 0 Å². The van der Waals surface area contributed by atoms with Crippen LogP contribution in [-0.2, 0) is 16.8 Å². The number of carbonyl (C=O) groups excluding carboxylic acids is 1. The molecule has 3 aliphatic rings. The minimum absolute atomic E-state index is 0.00545. The van der Waals surface area contributed by atoms with E-state index < -0.39 is 23.9 Å². The molecule has 7 rings (SSSR count). The third-order valence-electron chi connectivity index (χ3n) is 7.96. The normalized spacial score (nSPS) is 22.2. The van der Waals surface area contributed by atoms with Gasteiger partial charge in [-0.15, -0.1) is 19.0 Å². The number of hydrogen-bond acceptors (Lipinski definition) is 9. The molecule has 0 bridgehead atoms. The summed E-state index contributed by atoms with van der Waals surface area (Å²) in [6.07, 6.45) is -3.99. The maximum absolute atomic E-state index is 13.9. The lowest BCUT2D eigenvalue weighted by Crippen LogP contribution is -2.46. The van der Waals surface area contributed by atoms with Crippen molar-refractivity contribution in [2.45, 2.75) is 43.8 Å². The second-order valence-corrected chi connectivity index (χ2v) is 10.9. The van der Waals surface area contributed by atoms with Crippen molar-refractivity contribution in [3.8, 4) is 34.6 Å². The maximum atomic E-state index is 13.9. The molecule has 0 fully saturated rings. The van der Waals surface area contributed by atoms with Gasteiger partial charge in [0.2, 0.25) is 11.8 Å². The molecule has 0 radical (unpaired) electrons. The summed E-state index contributed by atoms with van der Waals surface area (Å²) >= 11 is 0. The molecule has 4 aromatic rings. The number of fused-ring (bicyclic) bond motifs is 3. The second kappa shape index (κ2) is 10.5. The van der Waals surface area contributed by atoms with Gasteiger partial charge < -0.3 is 33.7 Å². The average molecular weight is 604 g/mol. The molecular formula is C32H27F2N3O7. The standard InChI is InChI=1S/C32H27F2N3O7/c1-31(17-41-25-15-28-27(13-21(25)31)43-32(33,34)44-28)30(38)35-23-14-26(42-24-12-19(39-2)8-9-20(23)24)22-10-11-29(37-36-22)40-16-18-6-4-3-5-7-18/h3-13,15,23,26H,14,16-17H2,1-2H3,(H,35,38)/t23-,26+,31+/m1/s1. The number of alkyl halides is 2. The van der Waals surface area contributed by atoms with Crippen molar-refractivity contribution in [2.75, 3.05) is 13.7 Å². The van der Waals surface area contributed by atoms with Gasteiger partial charge in [0.1, 0.15) is 47.7 Å². The zero-order valence-corrected chi connectivity index (χ0v) is 23.7. The predicted molar refractivity (Wildman–Crippen MR) is 150 cm³/mol. The average Bonchev–Trinajstić information content (AvgIpc) is 3.53. The van der Waals surface area contributed by atoms with Gasteiger partial charge in [-0.3, -0.25) is 4.79 Å². The van der Waals surface area contributed by atoms with Gasteiger partial charge in [0, 0.05) is 35.7 Å². The number of aromatic nitrogens is 2. The molecule has 44 heavy (non-hydrogen) atoms. The SMILES string of the molecule is COc1ccc2c(c1)O[C@H](c1ccc(OCc3ccccc3)nn1)C[C@H]2NC(=O)[C@@]1(C)COc2cc3c(cc21)OC(F)(F)O3. The van der Waals surface area contributed by atoms with Crippen LogP contribution in [0.1, 0.15) is 47.9 Å². The lowest BCUT2D eigenvalue weighted by molar-refractivity contribution is -0.286. The minimum Gasteiger partial charge on any atom is -0.497 e. The number of rotatable bonds is 7. The van der Waals surface area contributed by atoms with Gasteiger partial charge in [-0.05, 0) is 36.8 Å². The van der Waals surface area contributed by atoms with Crippen molar-refractivity contribution in [1.82, 2.24) is 15.5 Å². The largest absolute Gasteiger partial charge is 0.586 e. The molecule has 1 N–H and O–H groups in total. The van der Waals surface area contributed by atoms with Crippen LogP contribution in [0.4, 0.5) is 8.78 Å². The number of nitrogens with zero attached hydrogens (tertiary/aromatic N) is 2. The Hall–Kier alpha value is -5.13. The van der Waals surface area contributed by atoms with Crippen molar-refractivity contribution >= 4 is 5.91 Å². The fraction of sp³-hybridized carbons (Fsp3) is 0.281. The molecule has 226 valence electrons. The molecule has 4 heterocycles. The fourth-order valence-corrected chi connectivity index (χ4v) is 5.54. The number of carbonyl (C=O) groups is 1. The molecule has 0 unspecified atom stereocenters. The third kappa shape index (κ3) is 5.06. The number of amides is 1. The monoisotopic (exact) mass is 603 g/mol. The first-order valence-electron chi connectivity index (χ1n) is 13.9. The first-order valence-corrected chi connectivity index (χ1v) is 13.9. The van der Waals surface area contributed by atoms with Gasteiger partial charge in [-0.2, -0.15) is 0 Å². The Morgan fingerprint density at radius 3 is 2.52 bits per heavy atom. The van der Waals surface area contributed by atoms with E-state index in [1.165, 1.54) is 12.1 Å². The first-order chi connectivity index (χ1) is 21.2. The molecular weight excluding hydrogens is 576 g/mol. The number of nitrogens with one attached hydrogen (secondary N) is 1. The molecule has 0 aliphatic carbocycles.